The van der Waals surface area contributed by atoms with Crippen LogP contribution in [0.2, 0.25) is 0 Å². The summed E-state index contributed by atoms with van der Waals surface area (Å²) >= 11 is 0. The lowest BCUT2D eigenvalue weighted by atomic mass is 9.96. The third-order valence-electron chi connectivity index (χ3n) is 5.58. The molecule has 0 saturated heterocycles. The summed E-state index contributed by atoms with van der Waals surface area (Å²) in [5.41, 5.74) is 3.34. The van der Waals surface area contributed by atoms with Gasteiger partial charge in [0.25, 0.3) is 0 Å². The van der Waals surface area contributed by atoms with E-state index in [9.17, 15) is 4.39 Å². The molecule has 2 N–H and O–H groups in total. The molecule has 0 aliphatic heterocycles. The Morgan fingerprint density at radius 3 is 2.71 bits per heavy atom. The molecule has 0 spiro atoms. The van der Waals surface area contributed by atoms with Gasteiger partial charge in [0.15, 0.2) is 11.6 Å². The van der Waals surface area contributed by atoms with E-state index >= 15 is 0 Å². The predicted octanol–water partition coefficient (Wildman–Crippen LogP) is 4.00. The topological polar surface area (TPSA) is 75.7 Å². The lowest BCUT2D eigenvalue weighted by molar-refractivity contribution is 0.384. The van der Waals surface area contributed by atoms with Crippen molar-refractivity contribution in [2.75, 3.05) is 7.11 Å². The molecule has 1 aromatic heterocycles. The van der Waals surface area contributed by atoms with Crippen LogP contribution in [0.1, 0.15) is 49.3 Å². The zero-order valence-corrected chi connectivity index (χ0v) is 16.0. The Morgan fingerprint density at radius 2 is 2.00 bits per heavy atom. The maximum absolute atomic E-state index is 13.6. The number of H-pyrrole nitrogens is 1. The third-order valence-corrected chi connectivity index (χ3v) is 5.58. The third kappa shape index (κ3) is 3.89. The van der Waals surface area contributed by atoms with E-state index in [0.29, 0.717) is 17.8 Å². The van der Waals surface area contributed by atoms with Gasteiger partial charge in [-0.2, -0.15) is 5.21 Å². The molecule has 3 aromatic rings. The minimum absolute atomic E-state index is 0.138. The fraction of sp³-hybridized carbons (Fsp3) is 0.381. The summed E-state index contributed by atoms with van der Waals surface area (Å²) in [5.74, 6) is 1.11. The number of hydrogen-bond acceptors (Lipinski definition) is 5. The first-order chi connectivity index (χ1) is 13.6. The Kier molecular flexibility index (Phi) is 5.34. The smallest absolute Gasteiger partial charge is 0.204 e. The number of halogens is 1. The molecule has 0 bridgehead atoms. The molecule has 1 fully saturated rings. The second-order valence-electron chi connectivity index (χ2n) is 7.35. The van der Waals surface area contributed by atoms with Crippen molar-refractivity contribution >= 4 is 0 Å². The van der Waals surface area contributed by atoms with Gasteiger partial charge >= 0.3 is 0 Å². The van der Waals surface area contributed by atoms with E-state index in [-0.39, 0.29) is 17.6 Å². The van der Waals surface area contributed by atoms with E-state index < -0.39 is 0 Å². The highest BCUT2D eigenvalue weighted by molar-refractivity contribution is 5.54. The van der Waals surface area contributed by atoms with Crippen LogP contribution in [0.4, 0.5) is 4.39 Å². The van der Waals surface area contributed by atoms with Gasteiger partial charge in [0.1, 0.15) is 0 Å². The summed E-state index contributed by atoms with van der Waals surface area (Å²) in [4.78, 5) is 0. The van der Waals surface area contributed by atoms with Gasteiger partial charge in [0.05, 0.1) is 7.11 Å². The molecular formula is C21H24FN5O. The molecule has 0 amide bonds. The van der Waals surface area contributed by atoms with Gasteiger partial charge in [-0.3, -0.25) is 0 Å². The Hall–Kier alpha value is -2.80. The molecule has 146 valence electrons. The van der Waals surface area contributed by atoms with Crippen LogP contribution in [0, 0.1) is 5.82 Å². The van der Waals surface area contributed by atoms with E-state index in [4.69, 9.17) is 4.74 Å². The number of nitrogens with one attached hydrogen (secondary N) is 2. The number of methoxy groups -OCH3 is 1. The maximum atomic E-state index is 13.6. The van der Waals surface area contributed by atoms with Crippen LogP contribution >= 0.6 is 0 Å². The van der Waals surface area contributed by atoms with Crippen molar-refractivity contribution in [2.24, 2.45) is 0 Å². The first-order valence-electron chi connectivity index (χ1n) is 9.57. The van der Waals surface area contributed by atoms with E-state index in [0.717, 1.165) is 30.4 Å². The molecule has 4 rings (SSSR count). The Bertz CT molecular complexity index is 913. The van der Waals surface area contributed by atoms with Crippen molar-refractivity contribution in [3.63, 3.8) is 0 Å². The molecule has 1 aliphatic carbocycles. The average molecular weight is 381 g/mol. The normalized spacial score (nSPS) is 20.2. The van der Waals surface area contributed by atoms with Gasteiger partial charge < -0.3 is 10.1 Å². The van der Waals surface area contributed by atoms with Gasteiger partial charge in [-0.25, -0.2) is 4.39 Å². The first-order valence-corrected chi connectivity index (χ1v) is 9.57. The van der Waals surface area contributed by atoms with Crippen molar-refractivity contribution in [3.8, 4) is 17.1 Å². The minimum Gasteiger partial charge on any atom is -0.494 e. The van der Waals surface area contributed by atoms with Crippen LogP contribution in [0.5, 0.6) is 5.75 Å². The largest absolute Gasteiger partial charge is 0.494 e. The summed E-state index contributed by atoms with van der Waals surface area (Å²) < 4.78 is 18.7. The number of aromatic amines is 1. The highest BCUT2D eigenvalue weighted by atomic mass is 19.1. The average Bonchev–Trinajstić information content (AvgIpc) is 3.41. The van der Waals surface area contributed by atoms with Crippen LogP contribution in [-0.4, -0.2) is 33.8 Å². The Balaban J connectivity index is 1.37. The molecule has 7 heteroatoms. The summed E-state index contributed by atoms with van der Waals surface area (Å²) in [7, 11) is 1.49. The van der Waals surface area contributed by atoms with E-state index in [1.165, 1.54) is 18.7 Å². The summed E-state index contributed by atoms with van der Waals surface area (Å²) in [6.45, 7) is 2.11. The van der Waals surface area contributed by atoms with Crippen LogP contribution < -0.4 is 10.1 Å². The molecule has 2 aromatic carbocycles. The van der Waals surface area contributed by atoms with Crippen molar-refractivity contribution < 1.29 is 9.13 Å². The fourth-order valence-electron chi connectivity index (χ4n) is 4.02. The summed E-state index contributed by atoms with van der Waals surface area (Å²) in [5, 5.41) is 17.8. The number of nitrogens with zero attached hydrogens (tertiary/aromatic N) is 3. The molecular weight excluding hydrogens is 357 g/mol. The van der Waals surface area contributed by atoms with Crippen LogP contribution in [0.15, 0.2) is 42.5 Å². The number of ether oxygens (including phenoxy) is 1. The highest BCUT2D eigenvalue weighted by Crippen LogP contribution is 2.36. The van der Waals surface area contributed by atoms with Gasteiger partial charge in [-0.1, -0.05) is 30.3 Å². The van der Waals surface area contributed by atoms with E-state index in [2.05, 4.69) is 45.0 Å². The molecule has 28 heavy (non-hydrogen) atoms. The molecule has 3 atom stereocenters. The number of benzene rings is 2. The Morgan fingerprint density at radius 1 is 1.18 bits per heavy atom. The summed E-state index contributed by atoms with van der Waals surface area (Å²) in [6.07, 6.45) is 3.36. The van der Waals surface area contributed by atoms with Crippen molar-refractivity contribution in [1.29, 1.82) is 0 Å². The number of rotatable bonds is 6. The molecule has 1 saturated carbocycles. The zero-order chi connectivity index (χ0) is 19.5. The van der Waals surface area contributed by atoms with Crippen molar-refractivity contribution in [2.45, 2.75) is 44.2 Å². The van der Waals surface area contributed by atoms with Crippen molar-refractivity contribution in [1.82, 2.24) is 25.9 Å². The quantitative estimate of drug-likeness (QED) is 0.675. The highest BCUT2D eigenvalue weighted by Gasteiger charge is 2.27. The van der Waals surface area contributed by atoms with Gasteiger partial charge in [0, 0.05) is 17.6 Å². The minimum atomic E-state index is -0.330. The molecule has 1 aliphatic rings. The SMILES string of the molecule is COc1cc([C@@H](C)N[C@H]2CC[C@@H](c3ccc(-c4nn[nH]n4)cc3)C2)ccc1F. The molecule has 0 radical (unpaired) electrons. The van der Waals surface area contributed by atoms with Crippen LogP contribution in [-0.2, 0) is 0 Å². The van der Waals surface area contributed by atoms with Crippen molar-refractivity contribution in [3.05, 3.63) is 59.4 Å². The van der Waals surface area contributed by atoms with Crippen LogP contribution in [0.3, 0.4) is 0 Å². The van der Waals surface area contributed by atoms with Gasteiger partial charge in [-0.15, -0.1) is 10.2 Å². The number of aromatic nitrogens is 4. The first kappa shape index (κ1) is 18.6. The molecule has 1 heterocycles. The monoisotopic (exact) mass is 381 g/mol. The molecule has 0 unspecified atom stereocenters. The standard InChI is InChI=1S/C21H24FN5O/c1-13(16-8-10-19(22)20(12-16)28-2)23-18-9-7-17(11-18)14-3-5-15(6-4-14)21-24-26-27-25-21/h3-6,8,10,12-13,17-18,23H,7,9,11H2,1-2H3,(H,24,25,26,27)/t13-,17-,18+/m1/s1. The van der Waals surface area contributed by atoms with E-state index in [1.54, 1.807) is 6.07 Å². The second-order valence-corrected chi connectivity index (χ2v) is 7.35. The fourth-order valence-corrected chi connectivity index (χ4v) is 4.02. The second kappa shape index (κ2) is 8.06. The lowest BCUT2D eigenvalue weighted by Gasteiger charge is -2.21. The summed E-state index contributed by atoms with van der Waals surface area (Å²) in [6, 6.07) is 14.1. The van der Waals surface area contributed by atoms with E-state index in [1.807, 2.05) is 18.2 Å². The maximum Gasteiger partial charge on any atom is 0.204 e. The van der Waals surface area contributed by atoms with Gasteiger partial charge in [0.2, 0.25) is 5.82 Å². The zero-order valence-electron chi connectivity index (χ0n) is 16.0. The predicted molar refractivity (Wildman–Crippen MR) is 104 cm³/mol. The number of hydrogen-bond donors (Lipinski definition) is 2. The number of tetrazole rings is 1. The lowest BCUT2D eigenvalue weighted by Crippen LogP contribution is -2.29. The molecule has 6 nitrogen and oxygen atoms in total. The van der Waals surface area contributed by atoms with Crippen LogP contribution in [0.25, 0.3) is 11.4 Å². The van der Waals surface area contributed by atoms with Gasteiger partial charge in [-0.05, 0) is 60.6 Å². The Labute approximate surface area is 163 Å².